The molecule has 0 saturated heterocycles. The molecule has 0 saturated carbocycles. The van der Waals surface area contributed by atoms with E-state index in [0.29, 0.717) is 5.56 Å². The van der Waals surface area contributed by atoms with E-state index in [4.69, 9.17) is 0 Å². The average Bonchev–Trinajstić information content (AvgIpc) is 2.48. The summed E-state index contributed by atoms with van der Waals surface area (Å²) in [7, 11) is 0. The second kappa shape index (κ2) is 6.44. The van der Waals surface area contributed by atoms with Gasteiger partial charge in [0.15, 0.2) is 12.7 Å². The van der Waals surface area contributed by atoms with Crippen molar-refractivity contribution in [3.8, 4) is 0 Å². The number of carbonyl (C=O) groups is 1. The van der Waals surface area contributed by atoms with Crippen molar-refractivity contribution in [2.45, 2.75) is 6.54 Å². The van der Waals surface area contributed by atoms with Crippen molar-refractivity contribution >= 4 is 17.2 Å². The molecule has 100 valence electrons. The van der Waals surface area contributed by atoms with Crippen LogP contribution < -0.4 is 21.5 Å². The van der Waals surface area contributed by atoms with Crippen LogP contribution in [-0.4, -0.2) is 6.29 Å². The summed E-state index contributed by atoms with van der Waals surface area (Å²) in [4.78, 5) is 10.8. The molecule has 3 heteroatoms. The first kappa shape index (κ1) is 14.4. The number of aldehydes is 1. The van der Waals surface area contributed by atoms with Crippen LogP contribution in [0.2, 0.25) is 0 Å². The number of pyridine rings is 1. The van der Waals surface area contributed by atoms with Crippen molar-refractivity contribution in [2.75, 3.05) is 0 Å². The number of fused-ring (bicyclic) bond motifs is 1. The number of benzene rings is 2. The lowest BCUT2D eigenvalue weighted by Crippen LogP contribution is -3.00. The van der Waals surface area contributed by atoms with Gasteiger partial charge >= 0.3 is 0 Å². The quantitative estimate of drug-likeness (QED) is 0.490. The zero-order chi connectivity index (χ0) is 13.1. The highest BCUT2D eigenvalue weighted by molar-refractivity contribution is 5.85. The Morgan fingerprint density at radius 3 is 2.50 bits per heavy atom. The summed E-state index contributed by atoms with van der Waals surface area (Å²) in [6.07, 6.45) is 2.95. The molecule has 0 spiro atoms. The highest BCUT2D eigenvalue weighted by atomic mass is 79.9. The molecule has 0 bridgehead atoms. The summed E-state index contributed by atoms with van der Waals surface area (Å²) >= 11 is 0. The fourth-order valence-corrected chi connectivity index (χ4v) is 2.29. The number of rotatable bonds is 3. The van der Waals surface area contributed by atoms with E-state index >= 15 is 0 Å². The monoisotopic (exact) mass is 327 g/mol. The van der Waals surface area contributed by atoms with Gasteiger partial charge in [-0.3, -0.25) is 4.79 Å². The number of nitrogens with zero attached hydrogens (tertiary/aromatic N) is 1. The highest BCUT2D eigenvalue weighted by Gasteiger charge is 2.09. The first-order valence-corrected chi connectivity index (χ1v) is 6.28. The maximum atomic E-state index is 10.8. The second-order valence-electron chi connectivity index (χ2n) is 4.56. The van der Waals surface area contributed by atoms with Crippen molar-refractivity contribution in [1.29, 1.82) is 0 Å². The zero-order valence-corrected chi connectivity index (χ0v) is 12.5. The molecule has 0 radical (unpaired) electrons. The molecule has 0 atom stereocenters. The van der Waals surface area contributed by atoms with Crippen LogP contribution in [0.15, 0.2) is 66.9 Å². The number of halogens is 1. The minimum absolute atomic E-state index is 0. The number of carbonyl (C=O) groups excluding carboxylic acids is 1. The van der Waals surface area contributed by atoms with E-state index in [1.807, 2.05) is 48.5 Å². The van der Waals surface area contributed by atoms with Gasteiger partial charge in [0.25, 0.3) is 0 Å². The van der Waals surface area contributed by atoms with E-state index in [9.17, 15) is 4.79 Å². The third-order valence-corrected chi connectivity index (χ3v) is 3.23. The number of hydrogen-bond donors (Lipinski definition) is 0. The topological polar surface area (TPSA) is 20.9 Å². The molecule has 0 aliphatic heterocycles. The third kappa shape index (κ3) is 2.94. The van der Waals surface area contributed by atoms with Crippen LogP contribution >= 0.6 is 0 Å². The zero-order valence-electron chi connectivity index (χ0n) is 10.9. The van der Waals surface area contributed by atoms with Crippen molar-refractivity contribution in [3.63, 3.8) is 0 Å². The first-order chi connectivity index (χ1) is 9.36. The maximum Gasteiger partial charge on any atom is 0.212 e. The lowest BCUT2D eigenvalue weighted by Gasteiger charge is -2.02. The summed E-state index contributed by atoms with van der Waals surface area (Å²) in [6, 6.07) is 20.2. The number of hydrogen-bond acceptors (Lipinski definition) is 1. The molecule has 2 nitrogen and oxygen atoms in total. The van der Waals surface area contributed by atoms with Gasteiger partial charge in [-0.2, -0.15) is 4.57 Å². The molecule has 1 aromatic heterocycles. The van der Waals surface area contributed by atoms with E-state index in [0.717, 1.165) is 23.7 Å². The summed E-state index contributed by atoms with van der Waals surface area (Å²) in [5.74, 6) is 0. The Labute approximate surface area is 128 Å². The predicted molar refractivity (Wildman–Crippen MR) is 75.1 cm³/mol. The molecule has 1 heterocycles. The fraction of sp³-hybridized carbons (Fsp3) is 0.0588. The van der Waals surface area contributed by atoms with E-state index in [1.54, 1.807) is 0 Å². The standard InChI is InChI=1S/C17H14NO.BrH/c19-13-15-8-9-17-16(11-15)7-4-10-18(17)12-14-5-2-1-3-6-14;/h1-11,13H,12H2;1H/q+1;/p-1. The minimum atomic E-state index is 0. The molecule has 2 aromatic carbocycles. The summed E-state index contributed by atoms with van der Waals surface area (Å²) < 4.78 is 2.19. The van der Waals surface area contributed by atoms with E-state index in [-0.39, 0.29) is 17.0 Å². The minimum Gasteiger partial charge on any atom is -1.00 e. The molecule has 0 unspecified atom stereocenters. The van der Waals surface area contributed by atoms with Crippen LogP contribution in [0.25, 0.3) is 10.9 Å². The summed E-state index contributed by atoms with van der Waals surface area (Å²) in [5.41, 5.74) is 3.11. The highest BCUT2D eigenvalue weighted by Crippen LogP contribution is 2.12. The van der Waals surface area contributed by atoms with Crippen molar-refractivity contribution in [2.24, 2.45) is 0 Å². The SMILES string of the molecule is O=Cc1ccc2c(ccc[n+]2Cc2ccccc2)c1.[Br-]. The average molecular weight is 328 g/mol. The smallest absolute Gasteiger partial charge is 0.212 e. The van der Waals surface area contributed by atoms with Crippen molar-refractivity contribution in [3.05, 3.63) is 78.0 Å². The molecule has 0 aliphatic carbocycles. The fourth-order valence-electron chi connectivity index (χ4n) is 2.29. The molecule has 20 heavy (non-hydrogen) atoms. The van der Waals surface area contributed by atoms with E-state index in [1.165, 1.54) is 5.56 Å². The Hall–Kier alpha value is -2.00. The molecule has 0 amide bonds. The van der Waals surface area contributed by atoms with E-state index in [2.05, 4.69) is 22.9 Å². The summed E-state index contributed by atoms with van der Waals surface area (Å²) in [5, 5.41) is 1.09. The van der Waals surface area contributed by atoms with Crippen LogP contribution in [-0.2, 0) is 6.54 Å². The lowest BCUT2D eigenvalue weighted by atomic mass is 10.1. The Morgan fingerprint density at radius 1 is 0.950 bits per heavy atom. The molecular formula is C17H14BrNO. The van der Waals surface area contributed by atoms with Gasteiger partial charge in [-0.25, -0.2) is 0 Å². The van der Waals surface area contributed by atoms with Gasteiger partial charge in [0.05, 0.1) is 0 Å². The molecule has 0 fully saturated rings. The van der Waals surface area contributed by atoms with Crippen LogP contribution in [0.5, 0.6) is 0 Å². The van der Waals surface area contributed by atoms with Crippen molar-refractivity contribution < 1.29 is 26.3 Å². The van der Waals surface area contributed by atoms with Crippen LogP contribution in [0.3, 0.4) is 0 Å². The maximum absolute atomic E-state index is 10.8. The summed E-state index contributed by atoms with van der Waals surface area (Å²) in [6.45, 7) is 0.832. The Kier molecular flexibility index (Phi) is 4.64. The van der Waals surface area contributed by atoms with Crippen molar-refractivity contribution in [1.82, 2.24) is 0 Å². The van der Waals surface area contributed by atoms with Gasteiger partial charge in [0.1, 0.15) is 6.29 Å². The second-order valence-corrected chi connectivity index (χ2v) is 4.56. The number of aromatic nitrogens is 1. The van der Waals surface area contributed by atoms with Gasteiger partial charge in [-0.05, 0) is 18.2 Å². The van der Waals surface area contributed by atoms with Gasteiger partial charge in [0.2, 0.25) is 5.52 Å². The first-order valence-electron chi connectivity index (χ1n) is 6.28. The van der Waals surface area contributed by atoms with Crippen LogP contribution in [0.4, 0.5) is 0 Å². The van der Waals surface area contributed by atoms with Gasteiger partial charge in [-0.1, -0.05) is 30.3 Å². The van der Waals surface area contributed by atoms with E-state index < -0.39 is 0 Å². The third-order valence-electron chi connectivity index (χ3n) is 3.23. The normalized spacial score (nSPS) is 10.0. The van der Waals surface area contributed by atoms with Gasteiger partial charge < -0.3 is 17.0 Å². The van der Waals surface area contributed by atoms with Crippen LogP contribution in [0, 0.1) is 0 Å². The molecule has 0 N–H and O–H groups in total. The van der Waals surface area contributed by atoms with Gasteiger partial charge in [0, 0.05) is 28.6 Å². The molecule has 3 aromatic rings. The Morgan fingerprint density at radius 2 is 1.75 bits per heavy atom. The Bertz CT molecular complexity index is 725. The molecule has 0 aliphatic rings. The molecular weight excluding hydrogens is 314 g/mol. The molecule has 3 rings (SSSR count). The lowest BCUT2D eigenvalue weighted by molar-refractivity contribution is -0.662. The van der Waals surface area contributed by atoms with Gasteiger partial charge in [-0.15, -0.1) is 0 Å². The van der Waals surface area contributed by atoms with Crippen LogP contribution in [0.1, 0.15) is 15.9 Å². The largest absolute Gasteiger partial charge is 1.00 e. The Balaban J connectivity index is 0.00000147. The predicted octanol–water partition coefficient (Wildman–Crippen LogP) is -0.00790.